The Morgan fingerprint density at radius 2 is 1.96 bits per heavy atom. The molecule has 2 amide bonds. The van der Waals surface area contributed by atoms with Crippen LogP contribution in [0.1, 0.15) is 40.0 Å². The lowest BCUT2D eigenvalue weighted by atomic mass is 9.83. The lowest BCUT2D eigenvalue weighted by Gasteiger charge is -2.34. The predicted octanol–water partition coefficient (Wildman–Crippen LogP) is 0.232. The van der Waals surface area contributed by atoms with Crippen LogP contribution in [0.15, 0.2) is 18.5 Å². The van der Waals surface area contributed by atoms with Gasteiger partial charge in [-0.3, -0.25) is 14.6 Å². The summed E-state index contributed by atoms with van der Waals surface area (Å²) in [5.41, 5.74) is 0.372. The zero-order chi connectivity index (χ0) is 20.7. The van der Waals surface area contributed by atoms with E-state index in [2.05, 4.69) is 15.0 Å². The first-order valence-electron chi connectivity index (χ1n) is 9.13. The van der Waals surface area contributed by atoms with Gasteiger partial charge in [0.25, 0.3) is 5.91 Å². The fraction of sp³-hybridized carbons (Fsp3) is 0.579. The maximum atomic E-state index is 12.5. The molecule has 1 aliphatic carbocycles. The lowest BCUT2D eigenvalue weighted by molar-refractivity contribution is -0.137. The van der Waals surface area contributed by atoms with Crippen molar-refractivity contribution in [2.45, 2.75) is 31.4 Å². The maximum Gasteiger partial charge on any atom is 0.339 e. The van der Waals surface area contributed by atoms with Crippen molar-refractivity contribution in [3.63, 3.8) is 0 Å². The molecule has 28 heavy (non-hydrogen) atoms. The smallest absolute Gasteiger partial charge is 0.339 e. The summed E-state index contributed by atoms with van der Waals surface area (Å²) in [5.74, 6) is -1.34. The SMILES string of the molecule is COCCN(C)C(=O)[C@H]1CC[C@H](NC(=O)c2cncc(C(=O)OC)c2)[C@@H](O)C1. The van der Waals surface area contributed by atoms with E-state index in [9.17, 15) is 19.5 Å². The van der Waals surface area contributed by atoms with E-state index in [0.29, 0.717) is 26.0 Å². The third-order valence-electron chi connectivity index (χ3n) is 4.91. The van der Waals surface area contributed by atoms with Crippen molar-refractivity contribution in [1.82, 2.24) is 15.2 Å². The number of nitrogens with zero attached hydrogens (tertiary/aromatic N) is 2. The number of methoxy groups -OCH3 is 2. The van der Waals surface area contributed by atoms with Crippen molar-refractivity contribution < 1.29 is 29.0 Å². The molecule has 9 nitrogen and oxygen atoms in total. The number of rotatable bonds is 7. The number of esters is 1. The van der Waals surface area contributed by atoms with Crippen molar-refractivity contribution in [2.75, 3.05) is 34.4 Å². The van der Waals surface area contributed by atoms with E-state index in [1.54, 1.807) is 19.1 Å². The Morgan fingerprint density at radius 1 is 1.25 bits per heavy atom. The normalized spacial score (nSPS) is 21.6. The van der Waals surface area contributed by atoms with Crippen LogP contribution in [0.5, 0.6) is 0 Å². The molecule has 0 saturated heterocycles. The number of likely N-dealkylation sites (N-methyl/N-ethyl adjacent to an activating group) is 1. The van der Waals surface area contributed by atoms with Crippen LogP contribution >= 0.6 is 0 Å². The standard InChI is InChI=1S/C19H27N3O6/c1-22(6-7-27-2)18(25)12-4-5-15(16(23)9-12)21-17(24)13-8-14(11-20-10-13)19(26)28-3/h8,10-12,15-16,23H,4-7,9H2,1-3H3,(H,21,24)/t12-,15-,16-/m0/s1. The minimum absolute atomic E-state index is 0.0316. The van der Waals surface area contributed by atoms with Gasteiger partial charge in [-0.05, 0) is 25.3 Å². The van der Waals surface area contributed by atoms with Crippen LogP contribution < -0.4 is 5.32 Å². The van der Waals surface area contributed by atoms with Gasteiger partial charge in [0.15, 0.2) is 0 Å². The molecule has 0 radical (unpaired) electrons. The van der Waals surface area contributed by atoms with Crippen molar-refractivity contribution in [1.29, 1.82) is 0 Å². The van der Waals surface area contributed by atoms with E-state index in [1.165, 1.54) is 25.6 Å². The molecule has 1 aromatic rings. The Bertz CT molecular complexity index is 711. The number of aliphatic hydroxyl groups excluding tert-OH is 1. The van der Waals surface area contributed by atoms with Gasteiger partial charge in [0.1, 0.15) is 0 Å². The molecule has 0 spiro atoms. The molecular formula is C19H27N3O6. The second-order valence-electron chi connectivity index (χ2n) is 6.86. The third kappa shape index (κ3) is 5.49. The average molecular weight is 393 g/mol. The van der Waals surface area contributed by atoms with Gasteiger partial charge in [0.2, 0.25) is 5.91 Å². The molecule has 1 heterocycles. The molecule has 2 N–H and O–H groups in total. The van der Waals surface area contributed by atoms with Crippen molar-refractivity contribution in [2.24, 2.45) is 5.92 Å². The minimum Gasteiger partial charge on any atom is -0.465 e. The second kappa shape index (κ2) is 10.1. The number of hydrogen-bond acceptors (Lipinski definition) is 7. The Balaban J connectivity index is 1.93. The van der Waals surface area contributed by atoms with Crippen molar-refractivity contribution in [3.05, 3.63) is 29.6 Å². The van der Waals surface area contributed by atoms with Gasteiger partial charge in [0.05, 0.1) is 37.0 Å². The van der Waals surface area contributed by atoms with E-state index in [4.69, 9.17) is 4.74 Å². The monoisotopic (exact) mass is 393 g/mol. The molecule has 9 heteroatoms. The van der Waals surface area contributed by atoms with Crippen LogP contribution in [0.2, 0.25) is 0 Å². The first-order chi connectivity index (χ1) is 13.4. The number of pyridine rings is 1. The summed E-state index contributed by atoms with van der Waals surface area (Å²) in [5, 5.41) is 13.2. The van der Waals surface area contributed by atoms with Crippen LogP contribution in [0.4, 0.5) is 0 Å². The summed E-state index contributed by atoms with van der Waals surface area (Å²) < 4.78 is 9.60. The number of ether oxygens (including phenoxy) is 2. The zero-order valence-electron chi connectivity index (χ0n) is 16.4. The summed E-state index contributed by atoms with van der Waals surface area (Å²) in [6.07, 6.45) is 3.15. The molecule has 154 valence electrons. The van der Waals surface area contributed by atoms with Gasteiger partial charge in [-0.15, -0.1) is 0 Å². The highest BCUT2D eigenvalue weighted by atomic mass is 16.5. The average Bonchev–Trinajstić information content (AvgIpc) is 2.72. The van der Waals surface area contributed by atoms with Crippen LogP contribution in [-0.4, -0.2) is 79.3 Å². The Morgan fingerprint density at radius 3 is 2.61 bits per heavy atom. The fourth-order valence-electron chi connectivity index (χ4n) is 3.23. The Kier molecular flexibility index (Phi) is 7.89. The Labute approximate surface area is 164 Å². The molecular weight excluding hydrogens is 366 g/mol. The summed E-state index contributed by atoms with van der Waals surface area (Å²) in [6, 6.07) is 0.920. The molecule has 1 aromatic heterocycles. The summed E-state index contributed by atoms with van der Waals surface area (Å²) >= 11 is 0. The fourth-order valence-corrected chi connectivity index (χ4v) is 3.23. The third-order valence-corrected chi connectivity index (χ3v) is 4.91. The summed E-state index contributed by atoms with van der Waals surface area (Å²) in [7, 11) is 4.53. The summed E-state index contributed by atoms with van der Waals surface area (Å²) in [6.45, 7) is 0.945. The van der Waals surface area contributed by atoms with Crippen LogP contribution in [0, 0.1) is 5.92 Å². The first-order valence-corrected chi connectivity index (χ1v) is 9.13. The maximum absolute atomic E-state index is 12.5. The van der Waals surface area contributed by atoms with E-state index in [1.807, 2.05) is 0 Å². The number of aliphatic hydroxyl groups is 1. The van der Waals surface area contributed by atoms with E-state index >= 15 is 0 Å². The predicted molar refractivity (Wildman–Crippen MR) is 99.7 cm³/mol. The van der Waals surface area contributed by atoms with Crippen LogP contribution in [0.3, 0.4) is 0 Å². The van der Waals surface area contributed by atoms with Gasteiger partial charge >= 0.3 is 5.97 Å². The van der Waals surface area contributed by atoms with Crippen LogP contribution in [-0.2, 0) is 14.3 Å². The molecule has 1 saturated carbocycles. The zero-order valence-corrected chi connectivity index (χ0v) is 16.4. The van der Waals surface area contributed by atoms with Gasteiger partial charge in [-0.1, -0.05) is 0 Å². The molecule has 0 aromatic carbocycles. The highest BCUT2D eigenvalue weighted by Gasteiger charge is 2.35. The first kappa shape index (κ1) is 21.8. The highest BCUT2D eigenvalue weighted by Crippen LogP contribution is 2.26. The van der Waals surface area contributed by atoms with Gasteiger partial charge in [-0.25, -0.2) is 4.79 Å². The van der Waals surface area contributed by atoms with E-state index in [0.717, 1.165) is 0 Å². The molecule has 0 aliphatic heterocycles. The summed E-state index contributed by atoms with van der Waals surface area (Å²) in [4.78, 5) is 42.0. The number of carbonyl (C=O) groups excluding carboxylic acids is 3. The Hall–Kier alpha value is -2.52. The van der Waals surface area contributed by atoms with Gasteiger partial charge < -0.3 is 24.8 Å². The molecule has 1 fully saturated rings. The molecule has 1 aliphatic rings. The topological polar surface area (TPSA) is 118 Å². The number of nitrogens with one attached hydrogen (secondary N) is 1. The molecule has 0 bridgehead atoms. The quantitative estimate of drug-likeness (QED) is 0.637. The van der Waals surface area contributed by atoms with Crippen molar-refractivity contribution >= 4 is 17.8 Å². The van der Waals surface area contributed by atoms with E-state index in [-0.39, 0.29) is 29.4 Å². The molecule has 0 unspecified atom stereocenters. The highest BCUT2D eigenvalue weighted by molar-refractivity contribution is 5.97. The van der Waals surface area contributed by atoms with Crippen LogP contribution in [0.25, 0.3) is 0 Å². The molecule has 3 atom stereocenters. The van der Waals surface area contributed by atoms with E-state index < -0.39 is 24.0 Å². The molecule has 2 rings (SSSR count). The van der Waals surface area contributed by atoms with Gasteiger partial charge in [0, 0.05) is 39.0 Å². The number of amides is 2. The van der Waals surface area contributed by atoms with Gasteiger partial charge in [-0.2, -0.15) is 0 Å². The number of carbonyl (C=O) groups is 3. The largest absolute Gasteiger partial charge is 0.465 e. The van der Waals surface area contributed by atoms with Crippen molar-refractivity contribution in [3.8, 4) is 0 Å². The second-order valence-corrected chi connectivity index (χ2v) is 6.86. The number of hydrogen-bond donors (Lipinski definition) is 2. The minimum atomic E-state index is -0.834. The lowest BCUT2D eigenvalue weighted by Crippen LogP contribution is -2.49. The number of aromatic nitrogens is 1.